The summed E-state index contributed by atoms with van der Waals surface area (Å²) in [6, 6.07) is 8.73. The number of ether oxygens (including phenoxy) is 1. The molecule has 0 atom stereocenters. The van der Waals surface area contributed by atoms with Gasteiger partial charge in [-0.1, -0.05) is 11.6 Å². The largest absolute Gasteiger partial charge is 0.502 e. The van der Waals surface area contributed by atoms with Crippen LogP contribution in [0.4, 0.5) is 5.69 Å². The highest BCUT2D eigenvalue weighted by atomic mass is 35.5. The molecule has 0 saturated carbocycles. The first kappa shape index (κ1) is 18.2. The number of halogens is 1. The van der Waals surface area contributed by atoms with Crippen LogP contribution < -0.4 is 10.2 Å². The number of carbonyl (C=O) groups is 1. The third-order valence-electron chi connectivity index (χ3n) is 3.09. The average molecular weight is 364 g/mol. The third-order valence-corrected chi connectivity index (χ3v) is 3.33. The van der Waals surface area contributed by atoms with Gasteiger partial charge in [-0.3, -0.25) is 14.9 Å². The maximum Gasteiger partial charge on any atom is 0.310 e. The van der Waals surface area contributed by atoms with Crippen molar-refractivity contribution in [2.45, 2.75) is 6.92 Å². The molecule has 0 aliphatic carbocycles. The number of phenolic OH excluding ortho intramolecular Hbond substituents is 1. The van der Waals surface area contributed by atoms with Crippen molar-refractivity contribution in [3.63, 3.8) is 0 Å². The van der Waals surface area contributed by atoms with E-state index in [1.54, 1.807) is 25.1 Å². The van der Waals surface area contributed by atoms with E-state index in [2.05, 4.69) is 10.5 Å². The summed E-state index contributed by atoms with van der Waals surface area (Å²) >= 11 is 5.84. The van der Waals surface area contributed by atoms with Gasteiger partial charge in [-0.25, -0.2) is 5.43 Å². The summed E-state index contributed by atoms with van der Waals surface area (Å²) in [4.78, 5) is 21.6. The van der Waals surface area contributed by atoms with Crippen molar-refractivity contribution in [3.8, 4) is 11.5 Å². The number of hydrazone groups is 1. The Hall–Kier alpha value is -3.13. The lowest BCUT2D eigenvalue weighted by molar-refractivity contribution is -0.385. The number of aryl methyl sites for hydroxylation is 1. The van der Waals surface area contributed by atoms with E-state index in [0.717, 1.165) is 11.6 Å². The summed E-state index contributed by atoms with van der Waals surface area (Å²) < 4.78 is 5.36. The van der Waals surface area contributed by atoms with E-state index < -0.39 is 22.3 Å². The molecule has 0 aromatic heterocycles. The minimum absolute atomic E-state index is 0.245. The number of amides is 1. The van der Waals surface area contributed by atoms with Gasteiger partial charge in [0.15, 0.2) is 12.4 Å². The van der Waals surface area contributed by atoms with E-state index in [0.29, 0.717) is 16.3 Å². The number of nitrogens with zero attached hydrogens (tertiary/aromatic N) is 2. The Balaban J connectivity index is 1.88. The molecule has 0 aliphatic heterocycles. The van der Waals surface area contributed by atoms with Crippen LogP contribution in [0.1, 0.15) is 11.1 Å². The number of aromatic hydroxyl groups is 1. The molecule has 9 heteroatoms. The van der Waals surface area contributed by atoms with Crippen molar-refractivity contribution >= 4 is 29.4 Å². The smallest absolute Gasteiger partial charge is 0.310 e. The van der Waals surface area contributed by atoms with Gasteiger partial charge < -0.3 is 9.84 Å². The first-order valence-electron chi connectivity index (χ1n) is 7.05. The lowest BCUT2D eigenvalue weighted by Crippen LogP contribution is -2.24. The van der Waals surface area contributed by atoms with Crippen LogP contribution in [0, 0.1) is 17.0 Å². The van der Waals surface area contributed by atoms with Crippen molar-refractivity contribution in [1.82, 2.24) is 5.43 Å². The lowest BCUT2D eigenvalue weighted by atomic mass is 10.2. The lowest BCUT2D eigenvalue weighted by Gasteiger charge is -2.08. The molecule has 0 bridgehead atoms. The van der Waals surface area contributed by atoms with Crippen LogP contribution in [0.2, 0.25) is 5.02 Å². The average Bonchev–Trinajstić information content (AvgIpc) is 2.53. The van der Waals surface area contributed by atoms with Gasteiger partial charge in [-0.15, -0.1) is 0 Å². The summed E-state index contributed by atoms with van der Waals surface area (Å²) in [5.74, 6) is -0.442. The number of hydrogen-bond donors (Lipinski definition) is 2. The predicted octanol–water partition coefficient (Wildman–Crippen LogP) is 2.79. The van der Waals surface area contributed by atoms with Gasteiger partial charge in [0.25, 0.3) is 5.91 Å². The summed E-state index contributed by atoms with van der Waals surface area (Å²) in [5.41, 5.74) is 3.03. The van der Waals surface area contributed by atoms with Gasteiger partial charge in [0.2, 0.25) is 0 Å². The number of hydrogen-bond acceptors (Lipinski definition) is 6. The van der Waals surface area contributed by atoms with Crippen LogP contribution >= 0.6 is 11.6 Å². The van der Waals surface area contributed by atoms with Crippen LogP contribution in [0.25, 0.3) is 0 Å². The fourth-order valence-corrected chi connectivity index (χ4v) is 2.13. The van der Waals surface area contributed by atoms with E-state index in [1.165, 1.54) is 18.3 Å². The first-order valence-corrected chi connectivity index (χ1v) is 7.43. The number of benzene rings is 2. The first-order chi connectivity index (χ1) is 11.9. The summed E-state index contributed by atoms with van der Waals surface area (Å²) in [7, 11) is 0. The SMILES string of the molecule is Cc1cc(Cl)ccc1OCC(=O)N/N=C/c1ccc([N+](=O)[O-])c(O)c1. The Bertz CT molecular complexity index is 839. The number of nitrogens with one attached hydrogen (secondary N) is 1. The van der Waals surface area contributed by atoms with Crippen LogP contribution in [0.5, 0.6) is 11.5 Å². The topological polar surface area (TPSA) is 114 Å². The highest BCUT2D eigenvalue weighted by molar-refractivity contribution is 6.30. The summed E-state index contributed by atoms with van der Waals surface area (Å²) in [5, 5.41) is 24.4. The summed E-state index contributed by atoms with van der Waals surface area (Å²) in [6.45, 7) is 1.56. The molecule has 1 amide bonds. The molecule has 2 N–H and O–H groups in total. The van der Waals surface area contributed by atoms with Gasteiger partial charge in [-0.2, -0.15) is 5.10 Å². The molecule has 0 heterocycles. The molecule has 0 spiro atoms. The van der Waals surface area contributed by atoms with E-state index >= 15 is 0 Å². The Kier molecular flexibility index (Phi) is 5.91. The molecule has 0 saturated heterocycles. The highest BCUT2D eigenvalue weighted by Crippen LogP contribution is 2.25. The second-order valence-corrected chi connectivity index (χ2v) is 5.43. The van der Waals surface area contributed by atoms with Crippen LogP contribution in [-0.2, 0) is 4.79 Å². The molecule has 2 aromatic carbocycles. The van der Waals surface area contributed by atoms with Crippen molar-refractivity contribution < 1.29 is 19.6 Å². The molecule has 8 nitrogen and oxygen atoms in total. The number of nitro groups is 1. The fraction of sp³-hybridized carbons (Fsp3) is 0.125. The molecule has 2 aromatic rings. The Labute approximate surface area is 147 Å². The zero-order valence-electron chi connectivity index (χ0n) is 13.1. The molecule has 0 fully saturated rings. The molecule has 0 radical (unpaired) electrons. The molecule has 130 valence electrons. The monoisotopic (exact) mass is 363 g/mol. The molecule has 0 aliphatic rings. The van der Waals surface area contributed by atoms with Crippen molar-refractivity contribution in [2.75, 3.05) is 6.61 Å². The zero-order valence-corrected chi connectivity index (χ0v) is 13.9. The standard InChI is InChI=1S/C16H14ClN3O5/c1-10-6-12(17)3-5-15(10)25-9-16(22)19-18-8-11-2-4-13(20(23)24)14(21)7-11/h2-8,21H,9H2,1H3,(H,19,22)/b18-8+. The van der Waals surface area contributed by atoms with Crippen LogP contribution in [0.3, 0.4) is 0 Å². The molecular weight excluding hydrogens is 350 g/mol. The van der Waals surface area contributed by atoms with E-state index in [9.17, 15) is 20.0 Å². The number of rotatable bonds is 6. The Morgan fingerprint density at radius 3 is 2.80 bits per heavy atom. The maximum atomic E-state index is 11.7. The van der Waals surface area contributed by atoms with Gasteiger partial charge in [0, 0.05) is 11.1 Å². The van der Waals surface area contributed by atoms with Gasteiger partial charge in [-0.05, 0) is 48.4 Å². The minimum Gasteiger partial charge on any atom is -0.502 e. The second-order valence-electron chi connectivity index (χ2n) is 5.00. The minimum atomic E-state index is -0.700. The van der Waals surface area contributed by atoms with Crippen LogP contribution in [0.15, 0.2) is 41.5 Å². The van der Waals surface area contributed by atoms with Crippen LogP contribution in [-0.4, -0.2) is 28.8 Å². The molecular formula is C16H14ClN3O5. The Morgan fingerprint density at radius 1 is 1.40 bits per heavy atom. The molecule has 0 unspecified atom stereocenters. The van der Waals surface area contributed by atoms with E-state index in [4.69, 9.17) is 16.3 Å². The van der Waals surface area contributed by atoms with E-state index in [1.807, 2.05) is 0 Å². The second kappa shape index (κ2) is 8.11. The molecule has 2 rings (SSSR count). The van der Waals surface area contributed by atoms with E-state index in [-0.39, 0.29) is 6.61 Å². The van der Waals surface area contributed by atoms with Crippen molar-refractivity contribution in [3.05, 3.63) is 62.7 Å². The number of carbonyl (C=O) groups excluding carboxylic acids is 1. The maximum absolute atomic E-state index is 11.7. The highest BCUT2D eigenvalue weighted by Gasteiger charge is 2.12. The number of phenols is 1. The molecule has 25 heavy (non-hydrogen) atoms. The fourth-order valence-electron chi connectivity index (χ4n) is 1.90. The Morgan fingerprint density at radius 2 is 2.16 bits per heavy atom. The third kappa shape index (κ3) is 5.18. The quantitative estimate of drug-likeness (QED) is 0.465. The predicted molar refractivity (Wildman–Crippen MR) is 92.2 cm³/mol. The summed E-state index contributed by atoms with van der Waals surface area (Å²) in [6.07, 6.45) is 1.24. The van der Waals surface area contributed by atoms with Gasteiger partial charge in [0.1, 0.15) is 5.75 Å². The van der Waals surface area contributed by atoms with Gasteiger partial charge >= 0.3 is 5.69 Å². The zero-order chi connectivity index (χ0) is 18.4. The number of nitro benzene ring substituents is 1. The van der Waals surface area contributed by atoms with Gasteiger partial charge in [0.05, 0.1) is 11.1 Å². The normalized spacial score (nSPS) is 10.6. The van der Waals surface area contributed by atoms with Crippen molar-refractivity contribution in [2.24, 2.45) is 5.10 Å². The van der Waals surface area contributed by atoms with Crippen molar-refractivity contribution in [1.29, 1.82) is 0 Å².